The number of aliphatic hydroxyl groups excluding tert-OH is 1. The van der Waals surface area contributed by atoms with Gasteiger partial charge in [0.25, 0.3) is 0 Å². The van der Waals surface area contributed by atoms with E-state index in [1.54, 1.807) is 0 Å². The van der Waals surface area contributed by atoms with E-state index in [9.17, 15) is 0 Å². The molecule has 1 N–H and O–H groups in total. The van der Waals surface area contributed by atoms with Crippen molar-refractivity contribution in [2.75, 3.05) is 19.7 Å². The summed E-state index contributed by atoms with van der Waals surface area (Å²) >= 11 is 0. The molecular formula is C15H25NO. The molecule has 0 radical (unpaired) electrons. The van der Waals surface area contributed by atoms with Crippen molar-refractivity contribution in [2.45, 2.75) is 39.2 Å². The third kappa shape index (κ3) is 6.44. The van der Waals surface area contributed by atoms with Crippen molar-refractivity contribution in [3.8, 4) is 0 Å². The van der Waals surface area contributed by atoms with Gasteiger partial charge in [-0.2, -0.15) is 0 Å². The monoisotopic (exact) mass is 235 g/mol. The topological polar surface area (TPSA) is 23.5 Å². The number of benzene rings is 1. The van der Waals surface area contributed by atoms with Gasteiger partial charge in [-0.3, -0.25) is 4.90 Å². The Kier molecular flexibility index (Phi) is 7.69. The highest BCUT2D eigenvalue weighted by Gasteiger charge is 2.04. The van der Waals surface area contributed by atoms with Crippen molar-refractivity contribution in [1.29, 1.82) is 0 Å². The fourth-order valence-corrected chi connectivity index (χ4v) is 2.05. The van der Waals surface area contributed by atoms with Gasteiger partial charge in [-0.05, 0) is 44.3 Å². The molecule has 0 saturated heterocycles. The summed E-state index contributed by atoms with van der Waals surface area (Å²) in [6.45, 7) is 5.91. The van der Waals surface area contributed by atoms with Gasteiger partial charge in [0.05, 0.1) is 0 Å². The van der Waals surface area contributed by atoms with Crippen molar-refractivity contribution in [1.82, 2.24) is 4.90 Å². The molecule has 0 bridgehead atoms. The molecule has 17 heavy (non-hydrogen) atoms. The van der Waals surface area contributed by atoms with Gasteiger partial charge in [-0.25, -0.2) is 0 Å². The minimum absolute atomic E-state index is 0.326. The summed E-state index contributed by atoms with van der Waals surface area (Å²) in [6, 6.07) is 10.7. The van der Waals surface area contributed by atoms with E-state index >= 15 is 0 Å². The predicted molar refractivity (Wildman–Crippen MR) is 72.9 cm³/mol. The molecule has 0 fully saturated rings. The molecule has 1 aromatic rings. The number of unbranched alkanes of at least 4 members (excludes halogenated alkanes) is 2. The van der Waals surface area contributed by atoms with Crippen molar-refractivity contribution in [2.24, 2.45) is 0 Å². The Hall–Kier alpha value is -0.860. The predicted octanol–water partition coefficient (Wildman–Crippen LogP) is 3.06. The van der Waals surface area contributed by atoms with Crippen molar-refractivity contribution < 1.29 is 5.11 Å². The normalized spacial score (nSPS) is 11.0. The van der Waals surface area contributed by atoms with Crippen LogP contribution >= 0.6 is 0 Å². The second kappa shape index (κ2) is 9.20. The van der Waals surface area contributed by atoms with E-state index in [0.29, 0.717) is 6.61 Å². The Bertz CT molecular complexity index is 274. The molecule has 0 aliphatic heterocycles. The number of hydrogen-bond acceptors (Lipinski definition) is 2. The zero-order valence-corrected chi connectivity index (χ0v) is 10.9. The Morgan fingerprint density at radius 3 is 2.41 bits per heavy atom. The molecule has 0 aliphatic carbocycles. The lowest BCUT2D eigenvalue weighted by molar-refractivity contribution is 0.247. The Morgan fingerprint density at radius 2 is 1.76 bits per heavy atom. The molecule has 0 unspecified atom stereocenters. The summed E-state index contributed by atoms with van der Waals surface area (Å²) in [5.74, 6) is 0. The fourth-order valence-electron chi connectivity index (χ4n) is 2.05. The standard InChI is InChI=1S/C15H25NO/c1-2-11-16(12-7-4-8-13-17)14-15-9-5-3-6-10-15/h3,5-6,9-10,17H,2,4,7-8,11-14H2,1H3. The van der Waals surface area contributed by atoms with E-state index in [1.807, 2.05) is 0 Å². The third-order valence-electron chi connectivity index (χ3n) is 2.92. The Labute approximate surface area is 105 Å². The molecule has 0 saturated carbocycles. The van der Waals surface area contributed by atoms with Gasteiger partial charge in [-0.1, -0.05) is 37.3 Å². The minimum atomic E-state index is 0.326. The van der Waals surface area contributed by atoms with E-state index in [0.717, 1.165) is 32.5 Å². The van der Waals surface area contributed by atoms with Gasteiger partial charge in [0.1, 0.15) is 0 Å². The first kappa shape index (κ1) is 14.2. The minimum Gasteiger partial charge on any atom is -0.396 e. The van der Waals surface area contributed by atoms with E-state index in [-0.39, 0.29) is 0 Å². The molecule has 0 aromatic heterocycles. The average molecular weight is 235 g/mol. The molecule has 1 aromatic carbocycles. The van der Waals surface area contributed by atoms with Crippen LogP contribution in [-0.4, -0.2) is 29.7 Å². The molecule has 0 heterocycles. The molecule has 96 valence electrons. The van der Waals surface area contributed by atoms with E-state index in [1.165, 1.54) is 18.4 Å². The van der Waals surface area contributed by atoms with Gasteiger partial charge in [0, 0.05) is 13.2 Å². The van der Waals surface area contributed by atoms with Crippen LogP contribution in [0.2, 0.25) is 0 Å². The van der Waals surface area contributed by atoms with E-state index in [4.69, 9.17) is 5.11 Å². The van der Waals surface area contributed by atoms with Gasteiger partial charge in [0.15, 0.2) is 0 Å². The van der Waals surface area contributed by atoms with Crippen molar-refractivity contribution in [3.63, 3.8) is 0 Å². The largest absolute Gasteiger partial charge is 0.396 e. The zero-order valence-electron chi connectivity index (χ0n) is 10.9. The second-order valence-electron chi connectivity index (χ2n) is 4.55. The van der Waals surface area contributed by atoms with Gasteiger partial charge in [0.2, 0.25) is 0 Å². The molecule has 2 heteroatoms. The first-order chi connectivity index (χ1) is 8.36. The summed E-state index contributed by atoms with van der Waals surface area (Å²) < 4.78 is 0. The molecule has 0 amide bonds. The number of hydrogen-bond donors (Lipinski definition) is 1. The molecular weight excluding hydrogens is 210 g/mol. The van der Waals surface area contributed by atoms with E-state index in [2.05, 4.69) is 42.2 Å². The maximum Gasteiger partial charge on any atom is 0.0431 e. The van der Waals surface area contributed by atoms with Crippen LogP contribution in [0, 0.1) is 0 Å². The van der Waals surface area contributed by atoms with Crippen LogP contribution in [0.5, 0.6) is 0 Å². The first-order valence-electron chi connectivity index (χ1n) is 6.74. The lowest BCUT2D eigenvalue weighted by Crippen LogP contribution is -2.25. The van der Waals surface area contributed by atoms with E-state index < -0.39 is 0 Å². The Balaban J connectivity index is 2.32. The van der Waals surface area contributed by atoms with Crippen LogP contribution in [0.15, 0.2) is 30.3 Å². The lowest BCUT2D eigenvalue weighted by atomic mass is 10.2. The molecule has 0 spiro atoms. The highest BCUT2D eigenvalue weighted by molar-refractivity contribution is 5.14. The Morgan fingerprint density at radius 1 is 1.00 bits per heavy atom. The maximum atomic E-state index is 8.76. The van der Waals surface area contributed by atoms with Crippen LogP contribution in [0.3, 0.4) is 0 Å². The molecule has 0 aliphatic rings. The highest BCUT2D eigenvalue weighted by atomic mass is 16.2. The summed E-state index contributed by atoms with van der Waals surface area (Å²) in [5.41, 5.74) is 1.39. The van der Waals surface area contributed by atoms with Crippen LogP contribution in [-0.2, 0) is 6.54 Å². The summed E-state index contributed by atoms with van der Waals surface area (Å²) in [6.07, 6.45) is 4.46. The van der Waals surface area contributed by atoms with Gasteiger partial charge >= 0.3 is 0 Å². The summed E-state index contributed by atoms with van der Waals surface area (Å²) in [4.78, 5) is 2.51. The summed E-state index contributed by atoms with van der Waals surface area (Å²) in [7, 11) is 0. The fraction of sp³-hybridized carbons (Fsp3) is 0.600. The smallest absolute Gasteiger partial charge is 0.0431 e. The van der Waals surface area contributed by atoms with Crippen LogP contribution in [0.1, 0.15) is 38.2 Å². The zero-order chi connectivity index (χ0) is 12.3. The average Bonchev–Trinajstić information content (AvgIpc) is 2.36. The second-order valence-corrected chi connectivity index (χ2v) is 4.55. The number of nitrogens with zero attached hydrogens (tertiary/aromatic N) is 1. The van der Waals surface area contributed by atoms with Gasteiger partial charge < -0.3 is 5.11 Å². The highest BCUT2D eigenvalue weighted by Crippen LogP contribution is 2.07. The van der Waals surface area contributed by atoms with Crippen molar-refractivity contribution in [3.05, 3.63) is 35.9 Å². The molecule has 1 rings (SSSR count). The third-order valence-corrected chi connectivity index (χ3v) is 2.92. The van der Waals surface area contributed by atoms with Gasteiger partial charge in [-0.15, -0.1) is 0 Å². The lowest BCUT2D eigenvalue weighted by Gasteiger charge is -2.21. The number of aliphatic hydroxyl groups is 1. The van der Waals surface area contributed by atoms with Crippen LogP contribution in [0.25, 0.3) is 0 Å². The quantitative estimate of drug-likeness (QED) is 0.665. The maximum absolute atomic E-state index is 8.76. The molecule has 2 nitrogen and oxygen atoms in total. The van der Waals surface area contributed by atoms with Crippen LogP contribution < -0.4 is 0 Å². The van der Waals surface area contributed by atoms with Crippen LogP contribution in [0.4, 0.5) is 0 Å². The van der Waals surface area contributed by atoms with Crippen molar-refractivity contribution >= 4 is 0 Å². The first-order valence-corrected chi connectivity index (χ1v) is 6.74. The SMILES string of the molecule is CCCN(CCCCCO)Cc1ccccc1. The number of rotatable bonds is 9. The molecule has 0 atom stereocenters. The summed E-state index contributed by atoms with van der Waals surface area (Å²) in [5, 5.41) is 8.76.